The minimum atomic E-state index is -0.124. The molecule has 1 aliphatic heterocycles. The number of hydrogen-bond acceptors (Lipinski definition) is 8. The third-order valence-corrected chi connectivity index (χ3v) is 8.44. The number of carbonyl (C=O) groups excluding carboxylic acids is 1. The average Bonchev–Trinajstić information content (AvgIpc) is 3.57. The zero-order valence-corrected chi connectivity index (χ0v) is 23.0. The van der Waals surface area contributed by atoms with E-state index in [2.05, 4.69) is 30.4 Å². The largest absolute Gasteiger partial charge is 0.349 e. The monoisotopic (exact) mass is 553 g/mol. The Balaban J connectivity index is 1.28. The highest BCUT2D eigenvalue weighted by Crippen LogP contribution is 2.32. The molecule has 3 aromatic heterocycles. The summed E-state index contributed by atoms with van der Waals surface area (Å²) in [6.45, 7) is 5.80. The molecule has 0 unspecified atom stereocenters. The van der Waals surface area contributed by atoms with Crippen molar-refractivity contribution < 1.29 is 4.79 Å². The third kappa shape index (κ3) is 6.38. The number of halogens is 1. The summed E-state index contributed by atoms with van der Waals surface area (Å²) < 4.78 is 2.00. The zero-order valence-electron chi connectivity index (χ0n) is 20.6. The summed E-state index contributed by atoms with van der Waals surface area (Å²) in [6.07, 6.45) is 7.30. The van der Waals surface area contributed by atoms with Crippen LogP contribution in [0, 0.1) is 6.92 Å². The number of likely N-dealkylation sites (tertiary alicyclic amines) is 1. The fourth-order valence-corrected chi connectivity index (χ4v) is 6.20. The van der Waals surface area contributed by atoms with Crippen LogP contribution in [0.1, 0.15) is 40.3 Å². The number of thiazole rings is 1. The first-order valence-electron chi connectivity index (χ1n) is 12.3. The van der Waals surface area contributed by atoms with E-state index in [1.54, 1.807) is 12.4 Å². The lowest BCUT2D eigenvalue weighted by Gasteiger charge is -2.26. The number of nitrogens with zero attached hydrogens (tertiary/aromatic N) is 6. The van der Waals surface area contributed by atoms with E-state index in [1.165, 1.54) is 42.4 Å². The van der Waals surface area contributed by atoms with E-state index in [4.69, 9.17) is 11.6 Å². The van der Waals surface area contributed by atoms with Gasteiger partial charge in [0.25, 0.3) is 5.91 Å². The Bertz CT molecular complexity index is 1350. The molecule has 37 heavy (non-hydrogen) atoms. The maximum absolute atomic E-state index is 12.6. The second-order valence-electron chi connectivity index (χ2n) is 8.89. The van der Waals surface area contributed by atoms with Crippen LogP contribution in [0.4, 0.5) is 0 Å². The van der Waals surface area contributed by atoms with Gasteiger partial charge in [0.1, 0.15) is 10.7 Å². The lowest BCUT2D eigenvalue weighted by Crippen LogP contribution is -2.37. The minimum Gasteiger partial charge on any atom is -0.349 e. The van der Waals surface area contributed by atoms with E-state index < -0.39 is 0 Å². The number of piperidine rings is 1. The van der Waals surface area contributed by atoms with E-state index in [-0.39, 0.29) is 5.91 Å². The standard InChI is InChI=1S/C26H28ClN7OS2/c1-18-7-8-20(27)14-22(18)34-24(19-6-5-9-28-15-19)31-32-26(34)37-17-23-30-21(16-36-23)25(35)29-10-13-33-11-3-2-4-12-33/h5-9,14-16H,2-4,10-13,17H2,1H3,(H,29,35). The van der Waals surface area contributed by atoms with Crippen molar-refractivity contribution in [2.24, 2.45) is 0 Å². The molecule has 8 nitrogen and oxygen atoms in total. The molecule has 1 amide bonds. The molecule has 4 heterocycles. The first-order valence-corrected chi connectivity index (χ1v) is 14.5. The molecule has 5 rings (SSSR count). The summed E-state index contributed by atoms with van der Waals surface area (Å²) in [5, 5.41) is 16.0. The highest BCUT2D eigenvalue weighted by molar-refractivity contribution is 7.98. The van der Waals surface area contributed by atoms with Gasteiger partial charge >= 0.3 is 0 Å². The normalized spacial score (nSPS) is 14.1. The lowest BCUT2D eigenvalue weighted by atomic mass is 10.1. The van der Waals surface area contributed by atoms with Crippen molar-refractivity contribution in [2.75, 3.05) is 26.2 Å². The van der Waals surface area contributed by atoms with Crippen molar-refractivity contribution in [1.29, 1.82) is 0 Å². The number of pyridine rings is 1. The number of nitrogens with one attached hydrogen (secondary N) is 1. The van der Waals surface area contributed by atoms with Gasteiger partial charge < -0.3 is 10.2 Å². The molecule has 1 N–H and O–H groups in total. The van der Waals surface area contributed by atoms with Crippen molar-refractivity contribution in [1.82, 2.24) is 34.9 Å². The van der Waals surface area contributed by atoms with Crippen LogP contribution in [-0.2, 0) is 5.75 Å². The van der Waals surface area contributed by atoms with Gasteiger partial charge in [0.05, 0.1) is 11.4 Å². The second-order valence-corrected chi connectivity index (χ2v) is 11.2. The van der Waals surface area contributed by atoms with Crippen molar-refractivity contribution in [2.45, 2.75) is 37.1 Å². The Kier molecular flexibility index (Phi) is 8.50. The summed E-state index contributed by atoms with van der Waals surface area (Å²) in [4.78, 5) is 23.8. The molecule has 1 saturated heterocycles. The Morgan fingerprint density at radius 2 is 2.05 bits per heavy atom. The Morgan fingerprint density at radius 3 is 2.86 bits per heavy atom. The summed E-state index contributed by atoms with van der Waals surface area (Å²) >= 11 is 9.35. The molecule has 0 radical (unpaired) electrons. The van der Waals surface area contributed by atoms with Crippen LogP contribution in [0.25, 0.3) is 17.1 Å². The first-order chi connectivity index (χ1) is 18.1. The Hall–Kier alpha value is -2.79. The molecular weight excluding hydrogens is 526 g/mol. The van der Waals surface area contributed by atoms with Gasteiger partial charge in [0.2, 0.25) is 0 Å². The first kappa shape index (κ1) is 25.8. The maximum Gasteiger partial charge on any atom is 0.270 e. The predicted molar refractivity (Wildman–Crippen MR) is 149 cm³/mol. The molecule has 0 aliphatic carbocycles. The van der Waals surface area contributed by atoms with Crippen LogP contribution in [-0.4, -0.2) is 61.7 Å². The highest BCUT2D eigenvalue weighted by atomic mass is 35.5. The van der Waals surface area contributed by atoms with Crippen LogP contribution in [0.5, 0.6) is 0 Å². The van der Waals surface area contributed by atoms with E-state index in [0.29, 0.717) is 34.0 Å². The lowest BCUT2D eigenvalue weighted by molar-refractivity contribution is 0.0942. The zero-order chi connectivity index (χ0) is 25.6. The number of thioether (sulfide) groups is 1. The van der Waals surface area contributed by atoms with Gasteiger partial charge in [-0.15, -0.1) is 21.5 Å². The van der Waals surface area contributed by atoms with Crippen molar-refractivity contribution in [3.8, 4) is 17.1 Å². The number of carbonyl (C=O) groups is 1. The SMILES string of the molecule is Cc1ccc(Cl)cc1-n1c(SCc2nc(C(=O)NCCN3CCCCC3)cs2)nnc1-c1cccnc1. The second kappa shape index (κ2) is 12.2. The number of hydrogen-bond donors (Lipinski definition) is 1. The number of rotatable bonds is 9. The quantitative estimate of drug-likeness (QED) is 0.283. The van der Waals surface area contributed by atoms with Crippen LogP contribution in [0.2, 0.25) is 5.02 Å². The average molecular weight is 554 g/mol. The molecule has 4 aromatic rings. The van der Waals surface area contributed by atoms with Gasteiger partial charge in [0, 0.05) is 41.4 Å². The van der Waals surface area contributed by atoms with Gasteiger partial charge in [-0.05, 0) is 62.7 Å². The molecular formula is C26H28ClN7OS2. The van der Waals surface area contributed by atoms with E-state index >= 15 is 0 Å². The third-order valence-electron chi connectivity index (χ3n) is 6.24. The maximum atomic E-state index is 12.6. The van der Waals surface area contributed by atoms with E-state index in [0.717, 1.165) is 41.5 Å². The smallest absolute Gasteiger partial charge is 0.270 e. The fraction of sp³-hybridized carbons (Fsp3) is 0.346. The van der Waals surface area contributed by atoms with Gasteiger partial charge in [-0.1, -0.05) is 35.9 Å². The minimum absolute atomic E-state index is 0.124. The number of aryl methyl sites for hydroxylation is 1. The molecule has 1 fully saturated rings. The van der Waals surface area contributed by atoms with Crippen LogP contribution in [0.15, 0.2) is 53.3 Å². The highest BCUT2D eigenvalue weighted by Gasteiger charge is 2.19. The molecule has 11 heteroatoms. The number of aromatic nitrogens is 5. The van der Waals surface area contributed by atoms with Gasteiger partial charge in [0.15, 0.2) is 11.0 Å². The predicted octanol–water partition coefficient (Wildman–Crippen LogP) is 5.26. The van der Waals surface area contributed by atoms with Gasteiger partial charge in [-0.3, -0.25) is 14.3 Å². The molecule has 1 aliphatic rings. The van der Waals surface area contributed by atoms with Crippen molar-refractivity contribution in [3.63, 3.8) is 0 Å². The molecule has 0 bridgehead atoms. The van der Waals surface area contributed by atoms with Gasteiger partial charge in [-0.2, -0.15) is 0 Å². The summed E-state index contributed by atoms with van der Waals surface area (Å²) in [5.41, 5.74) is 3.28. The van der Waals surface area contributed by atoms with E-state index in [1.807, 2.05) is 47.2 Å². The molecule has 0 spiro atoms. The van der Waals surface area contributed by atoms with Crippen LogP contribution in [0.3, 0.4) is 0 Å². The molecule has 0 atom stereocenters. The molecule has 192 valence electrons. The van der Waals surface area contributed by atoms with Crippen LogP contribution >= 0.6 is 34.7 Å². The van der Waals surface area contributed by atoms with E-state index in [9.17, 15) is 4.79 Å². The topological polar surface area (TPSA) is 88.8 Å². The Morgan fingerprint density at radius 1 is 1.19 bits per heavy atom. The van der Waals surface area contributed by atoms with Crippen molar-refractivity contribution in [3.05, 3.63) is 69.4 Å². The fourth-order valence-electron chi connectivity index (χ4n) is 4.29. The number of amides is 1. The molecule has 1 aromatic carbocycles. The summed E-state index contributed by atoms with van der Waals surface area (Å²) in [5.74, 6) is 1.13. The molecule has 0 saturated carbocycles. The van der Waals surface area contributed by atoms with Crippen LogP contribution < -0.4 is 5.32 Å². The summed E-state index contributed by atoms with van der Waals surface area (Å²) in [6, 6.07) is 9.60. The Labute approximate surface area is 229 Å². The van der Waals surface area contributed by atoms with Crippen molar-refractivity contribution >= 4 is 40.6 Å². The van der Waals surface area contributed by atoms with Gasteiger partial charge in [-0.25, -0.2) is 4.98 Å². The number of benzene rings is 1. The summed E-state index contributed by atoms with van der Waals surface area (Å²) in [7, 11) is 0.